The molecule has 6 heteroatoms. The number of para-hydroxylation sites is 2. The van der Waals surface area contributed by atoms with E-state index < -0.39 is 0 Å². The highest BCUT2D eigenvalue weighted by molar-refractivity contribution is 7.16. The summed E-state index contributed by atoms with van der Waals surface area (Å²) < 4.78 is 5.89. The van der Waals surface area contributed by atoms with Crippen molar-refractivity contribution in [2.45, 2.75) is 39.3 Å². The van der Waals surface area contributed by atoms with Crippen LogP contribution in [-0.4, -0.2) is 42.5 Å². The number of nitrogens with zero attached hydrogens (tertiary/aromatic N) is 2. The number of piperazine rings is 1. The lowest BCUT2D eigenvalue weighted by Crippen LogP contribution is -2.53. The van der Waals surface area contributed by atoms with Gasteiger partial charge in [0.25, 0.3) is 0 Å². The van der Waals surface area contributed by atoms with E-state index in [-0.39, 0.29) is 6.10 Å². The van der Waals surface area contributed by atoms with Gasteiger partial charge in [0.1, 0.15) is 16.6 Å². The van der Waals surface area contributed by atoms with Crippen molar-refractivity contribution < 1.29 is 4.74 Å². The van der Waals surface area contributed by atoms with Gasteiger partial charge in [-0.25, -0.2) is 4.99 Å². The lowest BCUT2D eigenvalue weighted by Gasteiger charge is -2.36. The van der Waals surface area contributed by atoms with E-state index in [0.29, 0.717) is 6.04 Å². The second-order valence-electron chi connectivity index (χ2n) is 8.79. The van der Waals surface area contributed by atoms with Gasteiger partial charge in [0.2, 0.25) is 0 Å². The van der Waals surface area contributed by atoms with Gasteiger partial charge in [-0.3, -0.25) is 0 Å². The highest BCUT2D eigenvalue weighted by atomic mass is 32.1. The topological polar surface area (TPSA) is 48.9 Å². The van der Waals surface area contributed by atoms with E-state index in [2.05, 4.69) is 84.8 Å². The average Bonchev–Trinajstić information content (AvgIpc) is 3.05. The molecular formula is C26H30N4OS. The summed E-state index contributed by atoms with van der Waals surface area (Å²) in [4.78, 5) is 8.89. The van der Waals surface area contributed by atoms with Crippen LogP contribution in [0.15, 0.2) is 59.6 Å². The Kier molecular flexibility index (Phi) is 5.89. The zero-order valence-electron chi connectivity index (χ0n) is 18.9. The van der Waals surface area contributed by atoms with Crippen LogP contribution >= 0.6 is 11.3 Å². The van der Waals surface area contributed by atoms with Crippen LogP contribution in [0.1, 0.15) is 29.9 Å². The van der Waals surface area contributed by atoms with Crippen LogP contribution < -0.4 is 15.4 Å². The van der Waals surface area contributed by atoms with Gasteiger partial charge >= 0.3 is 0 Å². The molecule has 166 valence electrons. The van der Waals surface area contributed by atoms with Crippen LogP contribution in [0.25, 0.3) is 0 Å². The van der Waals surface area contributed by atoms with E-state index in [4.69, 9.17) is 9.73 Å². The summed E-state index contributed by atoms with van der Waals surface area (Å²) in [6.45, 7) is 9.10. The van der Waals surface area contributed by atoms with Crippen molar-refractivity contribution in [3.05, 3.63) is 70.6 Å². The van der Waals surface area contributed by atoms with Crippen molar-refractivity contribution in [2.75, 3.05) is 25.0 Å². The van der Waals surface area contributed by atoms with Crippen molar-refractivity contribution in [1.29, 1.82) is 0 Å². The van der Waals surface area contributed by atoms with Gasteiger partial charge < -0.3 is 20.3 Å². The smallest absolute Gasteiger partial charge is 0.139 e. The Morgan fingerprint density at radius 3 is 2.91 bits per heavy atom. The first-order chi connectivity index (χ1) is 15.5. The van der Waals surface area contributed by atoms with E-state index in [1.54, 1.807) is 11.3 Å². The number of thiophene rings is 1. The van der Waals surface area contributed by atoms with Gasteiger partial charge in [0.05, 0.1) is 23.0 Å². The molecule has 0 amide bonds. The lowest BCUT2D eigenvalue weighted by atomic mass is 10.0. The molecule has 0 unspecified atom stereocenters. The maximum absolute atomic E-state index is 5.89. The number of ether oxygens (including phenoxy) is 1. The monoisotopic (exact) mass is 446 g/mol. The minimum atomic E-state index is 0.182. The van der Waals surface area contributed by atoms with Gasteiger partial charge in [-0.1, -0.05) is 24.3 Å². The van der Waals surface area contributed by atoms with Gasteiger partial charge in [0, 0.05) is 30.6 Å². The van der Waals surface area contributed by atoms with Crippen LogP contribution in [0.3, 0.4) is 0 Å². The predicted molar refractivity (Wildman–Crippen MR) is 134 cm³/mol. The number of hydrogen-bond donors (Lipinski definition) is 2. The fourth-order valence-electron chi connectivity index (χ4n) is 4.44. The zero-order valence-corrected chi connectivity index (χ0v) is 19.7. The summed E-state index contributed by atoms with van der Waals surface area (Å²) in [5.41, 5.74) is 4.57. The highest BCUT2D eigenvalue weighted by Crippen LogP contribution is 2.39. The molecule has 0 spiro atoms. The molecule has 5 nitrogen and oxygen atoms in total. The van der Waals surface area contributed by atoms with Crippen LogP contribution in [0.4, 0.5) is 16.4 Å². The summed E-state index contributed by atoms with van der Waals surface area (Å²) >= 11 is 1.80. The fourth-order valence-corrected chi connectivity index (χ4v) is 5.36. The van der Waals surface area contributed by atoms with E-state index in [1.807, 2.05) is 6.07 Å². The van der Waals surface area contributed by atoms with Crippen LogP contribution in [0.2, 0.25) is 0 Å². The number of aliphatic imine (C=N–C) groups is 1. The molecule has 1 saturated heterocycles. The van der Waals surface area contributed by atoms with Crippen LogP contribution in [0, 0.1) is 6.92 Å². The number of hydrogen-bond acceptors (Lipinski definition) is 6. The maximum Gasteiger partial charge on any atom is 0.139 e. The van der Waals surface area contributed by atoms with E-state index in [9.17, 15) is 0 Å². The molecule has 2 aromatic carbocycles. The Morgan fingerprint density at radius 2 is 2.03 bits per heavy atom. The molecule has 0 saturated carbocycles. The first-order valence-corrected chi connectivity index (χ1v) is 12.2. The molecule has 2 N–H and O–H groups in total. The highest BCUT2D eigenvalue weighted by Gasteiger charge is 2.27. The standard InChI is InChI=1S/C26H30N4OS/c1-17(2)31-21-8-6-7-19(15-21)14-20-16-30(12-11-27-20)25-22-13-18(3)32-26(22)29-24-10-5-4-9-23(24)28-25/h4-10,13,15,17,20,27,29H,11-12,14,16H2,1-3H3/t20-/m0/s1. The number of benzene rings is 2. The average molecular weight is 447 g/mol. The SMILES string of the molecule is Cc1cc2c(s1)Nc1ccccc1N=C2N1CCN[C@@H](Cc2cccc(OC(C)C)c2)C1. The second-order valence-corrected chi connectivity index (χ2v) is 10.0. The van der Waals surface area contributed by atoms with Crippen molar-refractivity contribution in [3.8, 4) is 5.75 Å². The minimum absolute atomic E-state index is 0.182. The van der Waals surface area contributed by atoms with Gasteiger partial charge in [0.15, 0.2) is 0 Å². The number of amidine groups is 1. The summed E-state index contributed by atoms with van der Waals surface area (Å²) in [6.07, 6.45) is 1.14. The minimum Gasteiger partial charge on any atom is -0.491 e. The van der Waals surface area contributed by atoms with Crippen molar-refractivity contribution in [1.82, 2.24) is 10.2 Å². The molecule has 32 heavy (non-hydrogen) atoms. The third kappa shape index (κ3) is 4.52. The second kappa shape index (κ2) is 8.96. The molecule has 1 fully saturated rings. The molecule has 1 aromatic heterocycles. The van der Waals surface area contributed by atoms with Crippen molar-refractivity contribution >= 4 is 33.5 Å². The summed E-state index contributed by atoms with van der Waals surface area (Å²) in [5.74, 6) is 2.02. The van der Waals surface area contributed by atoms with E-state index >= 15 is 0 Å². The molecule has 5 rings (SSSR count). The first kappa shape index (κ1) is 21.0. The van der Waals surface area contributed by atoms with Gasteiger partial charge in [-0.05, 0) is 63.1 Å². The quantitative estimate of drug-likeness (QED) is 0.556. The van der Waals surface area contributed by atoms with Gasteiger partial charge in [-0.2, -0.15) is 0 Å². The lowest BCUT2D eigenvalue weighted by molar-refractivity contribution is 0.242. The van der Waals surface area contributed by atoms with E-state index in [1.165, 1.54) is 21.0 Å². The van der Waals surface area contributed by atoms with Crippen LogP contribution in [0.5, 0.6) is 5.75 Å². The zero-order chi connectivity index (χ0) is 22.1. The first-order valence-electron chi connectivity index (χ1n) is 11.3. The normalized spacial score (nSPS) is 17.8. The Morgan fingerprint density at radius 1 is 1.16 bits per heavy atom. The Hall–Kier alpha value is -2.83. The molecular weight excluding hydrogens is 416 g/mol. The molecule has 0 radical (unpaired) electrons. The summed E-state index contributed by atoms with van der Waals surface area (Å²) in [5, 5.41) is 8.50. The Labute approximate surface area is 194 Å². The Balaban J connectivity index is 1.40. The third-order valence-corrected chi connectivity index (χ3v) is 6.75. The molecule has 0 aliphatic carbocycles. The number of nitrogens with one attached hydrogen (secondary N) is 2. The van der Waals surface area contributed by atoms with Gasteiger partial charge in [-0.15, -0.1) is 11.3 Å². The number of anilines is 2. The van der Waals surface area contributed by atoms with E-state index in [0.717, 1.165) is 49.0 Å². The molecule has 3 heterocycles. The number of fused-ring (bicyclic) bond motifs is 2. The summed E-state index contributed by atoms with van der Waals surface area (Å²) in [6, 6.07) is 19.4. The molecule has 3 aromatic rings. The summed E-state index contributed by atoms with van der Waals surface area (Å²) in [7, 11) is 0. The third-order valence-electron chi connectivity index (χ3n) is 5.78. The maximum atomic E-state index is 5.89. The number of aryl methyl sites for hydroxylation is 1. The molecule has 1 atom stereocenters. The van der Waals surface area contributed by atoms with Crippen molar-refractivity contribution in [2.24, 2.45) is 4.99 Å². The molecule has 0 bridgehead atoms. The number of rotatable bonds is 4. The molecule has 2 aliphatic rings. The Bertz CT molecular complexity index is 1140. The molecule has 2 aliphatic heterocycles. The van der Waals surface area contributed by atoms with Crippen molar-refractivity contribution in [3.63, 3.8) is 0 Å². The van der Waals surface area contributed by atoms with Crippen LogP contribution in [-0.2, 0) is 6.42 Å². The predicted octanol–water partition coefficient (Wildman–Crippen LogP) is 5.50. The fraction of sp³-hybridized carbons (Fsp3) is 0.346. The largest absolute Gasteiger partial charge is 0.491 e.